The first kappa shape index (κ1) is 18.4. The van der Waals surface area contributed by atoms with Gasteiger partial charge in [0, 0.05) is 18.7 Å². The summed E-state index contributed by atoms with van der Waals surface area (Å²) in [5, 5.41) is 10.0. The number of ether oxygens (including phenoxy) is 2. The summed E-state index contributed by atoms with van der Waals surface area (Å²) in [6.07, 6.45) is 6.65. The molecule has 0 amide bonds. The maximum atomic E-state index is 10.0. The molecule has 0 radical (unpaired) electrons. The molecule has 0 bridgehead atoms. The van der Waals surface area contributed by atoms with Crippen LogP contribution in [0.2, 0.25) is 0 Å². The molecule has 0 aromatic heterocycles. The summed E-state index contributed by atoms with van der Waals surface area (Å²) < 4.78 is 11.4. The summed E-state index contributed by atoms with van der Waals surface area (Å²) in [4.78, 5) is 2.41. The van der Waals surface area contributed by atoms with Crippen molar-refractivity contribution in [3.05, 3.63) is 42.0 Å². The van der Waals surface area contributed by atoms with Gasteiger partial charge in [-0.05, 0) is 67.2 Å². The molecule has 2 heterocycles. The number of nitrogens with zero attached hydrogens (tertiary/aromatic N) is 2. The smallest absolute Gasteiger partial charge is 0.161 e. The minimum absolute atomic E-state index is 0.565. The third-order valence-corrected chi connectivity index (χ3v) is 6.85. The van der Waals surface area contributed by atoms with Gasteiger partial charge in [-0.15, -0.1) is 0 Å². The van der Waals surface area contributed by atoms with E-state index in [1.165, 1.54) is 32.1 Å². The molecule has 0 unspecified atom stereocenters. The van der Waals surface area contributed by atoms with Gasteiger partial charge in [0.1, 0.15) is 19.3 Å². The normalized spacial score (nSPS) is 20.2. The van der Waals surface area contributed by atoms with Crippen LogP contribution in [0.1, 0.15) is 44.6 Å². The molecule has 2 aliphatic heterocycles. The van der Waals surface area contributed by atoms with Crippen LogP contribution < -0.4 is 14.4 Å². The van der Waals surface area contributed by atoms with Gasteiger partial charge >= 0.3 is 0 Å². The lowest BCUT2D eigenvalue weighted by atomic mass is 9.86. The molecule has 2 aromatic rings. The van der Waals surface area contributed by atoms with Crippen LogP contribution >= 0.6 is 0 Å². The quantitative estimate of drug-likeness (QED) is 0.703. The number of fused-ring (bicyclic) bond motifs is 1. The van der Waals surface area contributed by atoms with Gasteiger partial charge in [0.2, 0.25) is 0 Å². The maximum absolute atomic E-state index is 10.0. The van der Waals surface area contributed by atoms with Crippen LogP contribution in [-0.2, 0) is 0 Å². The largest absolute Gasteiger partial charge is 0.486 e. The van der Waals surface area contributed by atoms with Gasteiger partial charge in [-0.1, -0.05) is 25.1 Å². The van der Waals surface area contributed by atoms with Gasteiger partial charge in [0.05, 0.1) is 11.3 Å². The Hall–Kier alpha value is -2.67. The van der Waals surface area contributed by atoms with Crippen LogP contribution in [0.4, 0.5) is 5.69 Å². The minimum atomic E-state index is 0.565. The highest BCUT2D eigenvalue weighted by Crippen LogP contribution is 2.51. The van der Waals surface area contributed by atoms with Crippen LogP contribution in [0.3, 0.4) is 0 Å². The van der Waals surface area contributed by atoms with E-state index >= 15 is 0 Å². The second kappa shape index (κ2) is 7.30. The van der Waals surface area contributed by atoms with Crippen LogP contribution in [-0.4, -0.2) is 26.3 Å². The second-order valence-corrected chi connectivity index (χ2v) is 9.12. The lowest BCUT2D eigenvalue weighted by Gasteiger charge is -2.35. The minimum Gasteiger partial charge on any atom is -0.486 e. The fraction of sp³-hybridized carbons (Fsp3) is 0.480. The standard InChI is InChI=1S/C25H28N2O2/c1-25(9-10-25)16-18-7-11-27(12-8-18)22-4-2-3-20(21(22)17-26)19-5-6-23-24(15-19)29-14-13-28-23/h2-6,15,18H,7-14,16H2,1H3. The molecular formula is C25H28N2O2. The monoisotopic (exact) mass is 388 g/mol. The van der Waals surface area contributed by atoms with Gasteiger partial charge in [-0.25, -0.2) is 0 Å². The molecule has 4 nitrogen and oxygen atoms in total. The molecule has 0 atom stereocenters. The Balaban J connectivity index is 1.39. The zero-order valence-corrected chi connectivity index (χ0v) is 17.1. The van der Waals surface area contributed by atoms with E-state index in [0.29, 0.717) is 18.6 Å². The molecule has 0 spiro atoms. The zero-order chi connectivity index (χ0) is 19.8. The highest BCUT2D eigenvalue weighted by atomic mass is 16.6. The average Bonchev–Trinajstić information content (AvgIpc) is 3.49. The Kier molecular flexibility index (Phi) is 4.62. The fourth-order valence-electron chi connectivity index (χ4n) is 4.87. The molecule has 1 aliphatic carbocycles. The first-order chi connectivity index (χ1) is 14.1. The topological polar surface area (TPSA) is 45.5 Å². The van der Waals surface area contributed by atoms with Crippen molar-refractivity contribution in [1.82, 2.24) is 0 Å². The summed E-state index contributed by atoms with van der Waals surface area (Å²) in [6.45, 7) is 5.67. The Bertz CT molecular complexity index is 950. The number of nitriles is 1. The van der Waals surface area contributed by atoms with Crippen molar-refractivity contribution < 1.29 is 9.47 Å². The van der Waals surface area contributed by atoms with Crippen LogP contribution in [0.25, 0.3) is 11.1 Å². The van der Waals surface area contributed by atoms with Gasteiger partial charge in [0.15, 0.2) is 11.5 Å². The van der Waals surface area contributed by atoms with E-state index in [9.17, 15) is 5.26 Å². The number of rotatable bonds is 4. The third kappa shape index (κ3) is 3.67. The number of hydrogen-bond donors (Lipinski definition) is 0. The Morgan fingerprint density at radius 3 is 2.55 bits per heavy atom. The van der Waals surface area contributed by atoms with E-state index in [0.717, 1.165) is 52.9 Å². The number of anilines is 1. The molecule has 5 rings (SSSR count). The van der Waals surface area contributed by atoms with E-state index in [1.807, 2.05) is 24.3 Å². The predicted octanol–water partition coefficient (Wildman–Crippen LogP) is 5.40. The van der Waals surface area contributed by atoms with Crippen molar-refractivity contribution in [1.29, 1.82) is 5.26 Å². The van der Waals surface area contributed by atoms with Crippen molar-refractivity contribution in [3.63, 3.8) is 0 Å². The molecule has 3 aliphatic rings. The Morgan fingerprint density at radius 2 is 1.83 bits per heavy atom. The number of benzene rings is 2. The van der Waals surface area contributed by atoms with E-state index in [1.54, 1.807) is 0 Å². The summed E-state index contributed by atoms with van der Waals surface area (Å²) in [5.41, 5.74) is 4.43. The van der Waals surface area contributed by atoms with Crippen molar-refractivity contribution in [2.24, 2.45) is 11.3 Å². The summed E-state index contributed by atoms with van der Waals surface area (Å²) in [6, 6.07) is 14.7. The maximum Gasteiger partial charge on any atom is 0.161 e. The summed E-state index contributed by atoms with van der Waals surface area (Å²) in [5.74, 6) is 2.38. The SMILES string of the molecule is CC1(CC2CCN(c3cccc(-c4ccc5c(c4)OCCO5)c3C#N)CC2)CC1. The first-order valence-electron chi connectivity index (χ1n) is 10.8. The van der Waals surface area contributed by atoms with Gasteiger partial charge in [0.25, 0.3) is 0 Å². The highest BCUT2D eigenvalue weighted by Gasteiger charge is 2.39. The lowest BCUT2D eigenvalue weighted by molar-refractivity contribution is 0.171. The van der Waals surface area contributed by atoms with Crippen LogP contribution in [0.5, 0.6) is 11.5 Å². The van der Waals surface area contributed by atoms with Gasteiger partial charge < -0.3 is 14.4 Å². The molecule has 4 heteroatoms. The Labute approximate surface area is 173 Å². The van der Waals surface area contributed by atoms with Crippen LogP contribution in [0.15, 0.2) is 36.4 Å². The van der Waals surface area contributed by atoms with Crippen molar-refractivity contribution in [2.75, 3.05) is 31.2 Å². The first-order valence-corrected chi connectivity index (χ1v) is 10.8. The van der Waals surface area contributed by atoms with Crippen molar-refractivity contribution in [2.45, 2.75) is 39.0 Å². The molecule has 2 aromatic carbocycles. The summed E-state index contributed by atoms with van der Waals surface area (Å²) >= 11 is 0. The van der Waals surface area contributed by atoms with Crippen molar-refractivity contribution >= 4 is 5.69 Å². The second-order valence-electron chi connectivity index (χ2n) is 9.12. The van der Waals surface area contributed by atoms with E-state index in [-0.39, 0.29) is 0 Å². The molecule has 2 fully saturated rings. The predicted molar refractivity (Wildman–Crippen MR) is 114 cm³/mol. The van der Waals surface area contributed by atoms with E-state index in [4.69, 9.17) is 9.47 Å². The Morgan fingerprint density at radius 1 is 1.07 bits per heavy atom. The molecule has 150 valence electrons. The fourth-order valence-corrected chi connectivity index (χ4v) is 4.87. The highest BCUT2D eigenvalue weighted by molar-refractivity contribution is 5.79. The van der Waals surface area contributed by atoms with E-state index in [2.05, 4.69) is 30.0 Å². The van der Waals surface area contributed by atoms with Crippen LogP contribution in [0, 0.1) is 22.7 Å². The van der Waals surface area contributed by atoms with Gasteiger partial charge in [-0.3, -0.25) is 0 Å². The molecule has 1 saturated carbocycles. The number of piperidine rings is 1. The molecular weight excluding hydrogens is 360 g/mol. The number of hydrogen-bond acceptors (Lipinski definition) is 4. The summed E-state index contributed by atoms with van der Waals surface area (Å²) in [7, 11) is 0. The molecule has 0 N–H and O–H groups in total. The van der Waals surface area contributed by atoms with E-state index < -0.39 is 0 Å². The lowest BCUT2D eigenvalue weighted by Crippen LogP contribution is -2.34. The zero-order valence-electron chi connectivity index (χ0n) is 17.1. The molecule has 1 saturated heterocycles. The third-order valence-electron chi connectivity index (χ3n) is 6.85. The van der Waals surface area contributed by atoms with Gasteiger partial charge in [-0.2, -0.15) is 5.26 Å². The average molecular weight is 389 g/mol. The molecule has 29 heavy (non-hydrogen) atoms. The van der Waals surface area contributed by atoms with Crippen molar-refractivity contribution in [3.8, 4) is 28.7 Å².